The number of carbonyl (C=O) groups excluding carboxylic acids is 1. The molecule has 0 aromatic heterocycles. The molecule has 0 heterocycles. The van der Waals surface area contributed by atoms with Crippen molar-refractivity contribution < 1.29 is 14.5 Å². The lowest BCUT2D eigenvalue weighted by Crippen LogP contribution is -2.10. The molecule has 0 aliphatic rings. The van der Waals surface area contributed by atoms with Crippen LogP contribution in [0.3, 0.4) is 0 Å². The number of aliphatic imine (C=N–C) groups is 1. The van der Waals surface area contributed by atoms with Crippen LogP contribution >= 0.6 is 11.6 Å². The number of rotatable bonds is 8. The Morgan fingerprint density at radius 2 is 1.79 bits per heavy atom. The Bertz CT molecular complexity index is 797. The van der Waals surface area contributed by atoms with Crippen LogP contribution in [-0.2, 0) is 16.0 Å². The predicted octanol–water partition coefficient (Wildman–Crippen LogP) is 5.28. The van der Waals surface area contributed by atoms with Crippen LogP contribution in [0.4, 0.5) is 5.69 Å². The third-order valence-electron chi connectivity index (χ3n) is 3.95. The number of esters is 1. The summed E-state index contributed by atoms with van der Waals surface area (Å²) in [6, 6.07) is 6.21. The Labute approximate surface area is 177 Å². The fourth-order valence-corrected chi connectivity index (χ4v) is 2.55. The fourth-order valence-electron chi connectivity index (χ4n) is 2.25. The number of hydrogen-bond donors (Lipinski definition) is 1. The quantitative estimate of drug-likeness (QED) is 0.201. The van der Waals surface area contributed by atoms with Crippen LogP contribution in [0.5, 0.6) is 0 Å². The molecule has 1 aromatic rings. The Morgan fingerprint density at radius 3 is 2.24 bits per heavy atom. The summed E-state index contributed by atoms with van der Waals surface area (Å²) < 4.78 is 4.71. The van der Waals surface area contributed by atoms with Crippen LogP contribution < -0.4 is 5.73 Å². The van der Waals surface area contributed by atoms with Crippen LogP contribution in [-0.4, -0.2) is 23.7 Å². The maximum absolute atomic E-state index is 11.7. The summed E-state index contributed by atoms with van der Waals surface area (Å²) in [5, 5.41) is 11.1. The predicted molar refractivity (Wildman–Crippen MR) is 118 cm³/mol. The van der Waals surface area contributed by atoms with E-state index in [9.17, 15) is 14.9 Å². The van der Waals surface area contributed by atoms with Gasteiger partial charge in [0.15, 0.2) is 0 Å². The molecule has 0 bridgehead atoms. The van der Waals surface area contributed by atoms with Gasteiger partial charge < -0.3 is 10.5 Å². The largest absolute Gasteiger partial charge is 0.469 e. The number of ether oxygens (including phenoxy) is 1. The van der Waals surface area contributed by atoms with Gasteiger partial charge in [-0.15, -0.1) is 0 Å². The van der Waals surface area contributed by atoms with Crippen LogP contribution in [0.25, 0.3) is 0 Å². The van der Waals surface area contributed by atoms with E-state index in [1.165, 1.54) is 19.2 Å². The van der Waals surface area contributed by atoms with Gasteiger partial charge in [-0.05, 0) is 25.8 Å². The minimum atomic E-state index is -0.460. The van der Waals surface area contributed by atoms with Crippen LogP contribution in [0, 0.1) is 10.1 Å². The maximum atomic E-state index is 11.7. The molecule has 0 atom stereocenters. The van der Waals surface area contributed by atoms with E-state index in [1.54, 1.807) is 19.1 Å². The summed E-state index contributed by atoms with van der Waals surface area (Å²) in [4.78, 5) is 26.3. The molecule has 0 fully saturated rings. The molecule has 0 saturated carbocycles. The third kappa shape index (κ3) is 8.91. The topological polar surface area (TPSA) is 108 Å². The van der Waals surface area contributed by atoms with Crippen molar-refractivity contribution in [3.05, 3.63) is 61.9 Å². The Hall–Kier alpha value is -2.67. The van der Waals surface area contributed by atoms with Crippen molar-refractivity contribution in [3.8, 4) is 0 Å². The smallest absolute Gasteiger partial charge is 0.310 e. The number of carbonyl (C=O) groups is 1. The highest BCUT2D eigenvalue weighted by atomic mass is 35.5. The maximum Gasteiger partial charge on any atom is 0.310 e. The van der Waals surface area contributed by atoms with Crippen molar-refractivity contribution in [1.29, 1.82) is 0 Å². The van der Waals surface area contributed by atoms with E-state index in [-0.39, 0.29) is 17.9 Å². The highest BCUT2D eigenvalue weighted by Gasteiger charge is 2.16. The number of halogens is 1. The molecule has 2 N–H and O–H groups in total. The molecule has 0 saturated heterocycles. The molecule has 1 rings (SSSR count). The van der Waals surface area contributed by atoms with Gasteiger partial charge in [0.05, 0.1) is 18.5 Å². The second-order valence-corrected chi connectivity index (χ2v) is 6.39. The molecule has 0 aliphatic heterocycles. The summed E-state index contributed by atoms with van der Waals surface area (Å²) in [7, 11) is 1.30. The number of nitrogens with zero attached hydrogens (tertiary/aromatic N) is 2. The lowest BCUT2D eigenvalue weighted by atomic mass is 10.1. The number of nitrogens with two attached hydrogens (primary N) is 1. The summed E-state index contributed by atoms with van der Waals surface area (Å²) in [6.07, 6.45) is 1.09. The zero-order valence-corrected chi connectivity index (χ0v) is 18.7. The van der Waals surface area contributed by atoms with E-state index in [0.717, 1.165) is 11.1 Å². The molecule has 160 valence electrons. The molecular weight excluding hydrogens is 394 g/mol. The van der Waals surface area contributed by atoms with Crippen molar-refractivity contribution in [2.45, 2.75) is 53.9 Å². The highest BCUT2D eigenvalue weighted by Crippen LogP contribution is 2.26. The van der Waals surface area contributed by atoms with Crippen LogP contribution in [0.1, 0.15) is 53.0 Å². The lowest BCUT2D eigenvalue weighted by molar-refractivity contribution is -0.384. The number of methoxy groups -OCH3 is 1. The van der Waals surface area contributed by atoms with Crippen molar-refractivity contribution in [1.82, 2.24) is 0 Å². The number of non-ortho nitro benzene ring substituents is 1. The van der Waals surface area contributed by atoms with Gasteiger partial charge in [-0.1, -0.05) is 50.1 Å². The Morgan fingerprint density at radius 1 is 1.24 bits per heavy atom. The average Bonchev–Trinajstić information content (AvgIpc) is 2.72. The van der Waals surface area contributed by atoms with Crippen LogP contribution in [0.2, 0.25) is 0 Å². The normalized spacial score (nSPS) is 12.9. The summed E-state index contributed by atoms with van der Waals surface area (Å²) in [5.74, 6) is -0.309. The highest BCUT2D eigenvalue weighted by molar-refractivity contribution is 6.32. The molecule has 29 heavy (non-hydrogen) atoms. The van der Waals surface area contributed by atoms with Gasteiger partial charge in [0.2, 0.25) is 0 Å². The minimum Gasteiger partial charge on any atom is -0.469 e. The minimum absolute atomic E-state index is 0.0278. The first-order valence-corrected chi connectivity index (χ1v) is 9.75. The van der Waals surface area contributed by atoms with Crippen molar-refractivity contribution in [2.75, 3.05) is 7.11 Å². The molecule has 0 radical (unpaired) electrons. The molecular formula is C21H30ClN3O4. The zero-order valence-electron chi connectivity index (χ0n) is 17.9. The molecule has 0 aliphatic carbocycles. The van der Waals surface area contributed by atoms with E-state index in [1.807, 2.05) is 27.7 Å². The van der Waals surface area contributed by atoms with Gasteiger partial charge in [0, 0.05) is 34.9 Å². The van der Waals surface area contributed by atoms with Crippen molar-refractivity contribution in [2.24, 2.45) is 10.7 Å². The second kappa shape index (κ2) is 13.5. The zero-order chi connectivity index (χ0) is 22.6. The third-order valence-corrected chi connectivity index (χ3v) is 4.50. The molecule has 7 nitrogen and oxygen atoms in total. The summed E-state index contributed by atoms with van der Waals surface area (Å²) in [6.45, 7) is 9.60. The van der Waals surface area contributed by atoms with Crippen molar-refractivity contribution in [3.63, 3.8) is 0 Å². The van der Waals surface area contributed by atoms with Gasteiger partial charge in [0.25, 0.3) is 5.69 Å². The van der Waals surface area contributed by atoms with Gasteiger partial charge in [-0.25, -0.2) is 4.99 Å². The Balaban J connectivity index is 0.00000379. The number of nitro benzene ring substituents is 1. The lowest BCUT2D eigenvalue weighted by Gasteiger charge is -2.11. The number of hydrogen-bond acceptors (Lipinski definition) is 6. The number of nitro groups is 1. The van der Waals surface area contributed by atoms with E-state index < -0.39 is 10.9 Å². The summed E-state index contributed by atoms with van der Waals surface area (Å²) >= 11 is 6.38. The first-order valence-electron chi connectivity index (χ1n) is 9.38. The molecule has 0 amide bonds. The van der Waals surface area contributed by atoms with Crippen molar-refractivity contribution >= 4 is 29.0 Å². The average molecular weight is 424 g/mol. The molecule has 0 spiro atoms. The van der Waals surface area contributed by atoms with E-state index in [0.29, 0.717) is 29.2 Å². The van der Waals surface area contributed by atoms with Crippen LogP contribution in [0.15, 0.2) is 51.3 Å². The first kappa shape index (κ1) is 26.3. The Kier molecular flexibility index (Phi) is 12.3. The fraction of sp³-hybridized carbons (Fsp3) is 0.429. The van der Waals surface area contributed by atoms with E-state index in [4.69, 9.17) is 22.1 Å². The monoisotopic (exact) mass is 423 g/mol. The standard InChI is InChI=1S/C19H24ClN3O4.C2H6/c1-5-12(2)18(20)16(11-17(24)27-4)19(21)22-13(3)10-14-6-8-15(9-7-14)23(25)26;1-2/h6-9H,5,10-11,21H2,1-4H3;1-2H3/b18-12?,19-16-,22-13+;. The SMILES string of the molecule is CC.CCC(C)=C(Cl)/C(CC(=O)OC)=C(N)\N=C(/C)Cc1ccc([N+](=O)[O-])cc1. The molecule has 8 heteroatoms. The van der Waals surface area contributed by atoms with Gasteiger partial charge >= 0.3 is 5.97 Å². The van der Waals surface area contributed by atoms with Gasteiger partial charge in [-0.3, -0.25) is 14.9 Å². The van der Waals surface area contributed by atoms with Gasteiger partial charge in [0.1, 0.15) is 5.82 Å². The number of allylic oxidation sites excluding steroid dienone is 2. The van der Waals surface area contributed by atoms with E-state index >= 15 is 0 Å². The molecule has 1 aromatic carbocycles. The second-order valence-electron chi connectivity index (χ2n) is 6.01. The first-order chi connectivity index (χ1) is 13.7. The number of benzene rings is 1. The summed E-state index contributed by atoms with van der Waals surface area (Å²) in [5.41, 5.74) is 8.99. The molecule has 0 unspecified atom stereocenters. The van der Waals surface area contributed by atoms with Gasteiger partial charge in [-0.2, -0.15) is 0 Å². The van der Waals surface area contributed by atoms with E-state index in [2.05, 4.69) is 4.99 Å².